The van der Waals surface area contributed by atoms with Gasteiger partial charge in [0.2, 0.25) is 0 Å². The van der Waals surface area contributed by atoms with E-state index in [1.54, 1.807) is 0 Å². The number of carboxylic acids is 1. The SMILES string of the molecule is CS(=O)(=O)c1cc(C(=O)NCCC(N)C(=O)O)cc2c1COB2O. The van der Waals surface area contributed by atoms with E-state index in [2.05, 4.69) is 5.32 Å². The molecule has 1 unspecified atom stereocenters. The van der Waals surface area contributed by atoms with Crippen LogP contribution in [0.2, 0.25) is 0 Å². The van der Waals surface area contributed by atoms with E-state index in [4.69, 9.17) is 15.5 Å². The monoisotopic (exact) mass is 356 g/mol. The van der Waals surface area contributed by atoms with E-state index < -0.39 is 34.9 Å². The van der Waals surface area contributed by atoms with E-state index in [0.717, 1.165) is 6.26 Å². The number of amides is 1. The molecule has 0 fully saturated rings. The van der Waals surface area contributed by atoms with Gasteiger partial charge in [0.15, 0.2) is 9.84 Å². The van der Waals surface area contributed by atoms with Crippen molar-refractivity contribution in [1.29, 1.82) is 0 Å². The Bertz CT molecular complexity index is 781. The second-order valence-electron chi connectivity index (χ2n) is 5.47. The minimum absolute atomic E-state index is 0.0106. The van der Waals surface area contributed by atoms with Crippen molar-refractivity contribution >= 4 is 34.3 Å². The largest absolute Gasteiger partial charge is 0.491 e. The maximum absolute atomic E-state index is 12.2. The smallest absolute Gasteiger partial charge is 0.480 e. The van der Waals surface area contributed by atoms with Crippen LogP contribution in [0.15, 0.2) is 17.0 Å². The van der Waals surface area contributed by atoms with Crippen LogP contribution in [0.4, 0.5) is 0 Å². The lowest BCUT2D eigenvalue weighted by Gasteiger charge is -2.11. The van der Waals surface area contributed by atoms with Crippen molar-refractivity contribution in [3.8, 4) is 0 Å². The minimum atomic E-state index is -3.62. The molecule has 1 atom stereocenters. The number of carbonyl (C=O) groups excluding carboxylic acids is 1. The number of sulfone groups is 1. The van der Waals surface area contributed by atoms with Gasteiger partial charge in [0, 0.05) is 18.4 Å². The predicted octanol–water partition coefficient (Wildman–Crippen LogP) is -2.16. The molecule has 0 saturated carbocycles. The number of rotatable bonds is 6. The van der Waals surface area contributed by atoms with Crippen LogP contribution in [-0.4, -0.2) is 56.4 Å². The number of hydrogen-bond donors (Lipinski definition) is 4. The number of benzene rings is 1. The van der Waals surface area contributed by atoms with Crippen LogP contribution >= 0.6 is 0 Å². The van der Waals surface area contributed by atoms with Gasteiger partial charge in [-0.3, -0.25) is 9.59 Å². The quantitative estimate of drug-likeness (QED) is 0.420. The Kier molecular flexibility index (Phi) is 5.28. The zero-order valence-corrected chi connectivity index (χ0v) is 13.7. The number of nitrogens with one attached hydrogen (secondary N) is 1. The second kappa shape index (κ2) is 6.89. The average Bonchev–Trinajstić information content (AvgIpc) is 2.86. The molecule has 9 nitrogen and oxygen atoms in total. The predicted molar refractivity (Wildman–Crippen MR) is 84.5 cm³/mol. The van der Waals surface area contributed by atoms with Crippen molar-refractivity contribution < 1.29 is 32.8 Å². The van der Waals surface area contributed by atoms with Gasteiger partial charge in [-0.05, 0) is 29.6 Å². The maximum Gasteiger partial charge on any atom is 0.491 e. The molecule has 0 spiro atoms. The van der Waals surface area contributed by atoms with Crippen LogP contribution in [0.1, 0.15) is 22.3 Å². The molecule has 0 aromatic heterocycles. The third-order valence-corrected chi connectivity index (χ3v) is 4.78. The molecule has 1 heterocycles. The van der Waals surface area contributed by atoms with Crippen LogP contribution in [0.5, 0.6) is 0 Å². The molecule has 0 aliphatic carbocycles. The van der Waals surface area contributed by atoms with Gasteiger partial charge < -0.3 is 25.8 Å². The Morgan fingerprint density at radius 2 is 2.12 bits per heavy atom. The van der Waals surface area contributed by atoms with Gasteiger partial charge >= 0.3 is 13.1 Å². The summed E-state index contributed by atoms with van der Waals surface area (Å²) < 4.78 is 28.8. The molecule has 1 aliphatic rings. The summed E-state index contributed by atoms with van der Waals surface area (Å²) in [5, 5.41) is 20.9. The van der Waals surface area contributed by atoms with Crippen LogP contribution in [0, 0.1) is 0 Å². The van der Waals surface area contributed by atoms with Crippen molar-refractivity contribution in [1.82, 2.24) is 5.32 Å². The van der Waals surface area contributed by atoms with E-state index in [0.29, 0.717) is 5.56 Å². The maximum atomic E-state index is 12.2. The molecule has 11 heteroatoms. The zero-order chi connectivity index (χ0) is 18.1. The van der Waals surface area contributed by atoms with E-state index >= 15 is 0 Å². The first kappa shape index (κ1) is 18.4. The van der Waals surface area contributed by atoms with Crippen LogP contribution < -0.4 is 16.5 Å². The van der Waals surface area contributed by atoms with Crippen LogP contribution in [0.3, 0.4) is 0 Å². The van der Waals surface area contributed by atoms with Gasteiger partial charge in [-0.15, -0.1) is 0 Å². The fourth-order valence-corrected chi connectivity index (χ4v) is 3.29. The number of fused-ring (bicyclic) bond motifs is 1. The summed E-state index contributed by atoms with van der Waals surface area (Å²) in [4.78, 5) is 22.7. The summed E-state index contributed by atoms with van der Waals surface area (Å²) in [5.74, 6) is -1.78. The molecule has 0 bridgehead atoms. The summed E-state index contributed by atoms with van der Waals surface area (Å²) in [6.45, 7) is -0.0507. The molecule has 24 heavy (non-hydrogen) atoms. The molecule has 1 aromatic rings. The topological polar surface area (TPSA) is 156 Å². The number of aliphatic carboxylic acids is 1. The van der Waals surface area contributed by atoms with Gasteiger partial charge in [0.1, 0.15) is 6.04 Å². The molecular weight excluding hydrogens is 339 g/mol. The first-order valence-corrected chi connectivity index (χ1v) is 8.93. The van der Waals surface area contributed by atoms with Gasteiger partial charge in [-0.25, -0.2) is 8.42 Å². The number of carbonyl (C=O) groups is 2. The van der Waals surface area contributed by atoms with Gasteiger partial charge in [-0.2, -0.15) is 0 Å². The summed E-state index contributed by atoms with van der Waals surface area (Å²) in [6, 6.07) is 1.46. The molecule has 2 rings (SSSR count). The van der Waals surface area contributed by atoms with Crippen molar-refractivity contribution in [2.45, 2.75) is 24.0 Å². The van der Waals surface area contributed by atoms with E-state index in [1.807, 2.05) is 0 Å². The zero-order valence-electron chi connectivity index (χ0n) is 12.9. The average molecular weight is 356 g/mol. The molecule has 1 aliphatic heterocycles. The van der Waals surface area contributed by atoms with Gasteiger partial charge in [0.25, 0.3) is 5.91 Å². The number of carboxylic acid groups (broad SMARTS) is 1. The molecule has 0 saturated heterocycles. The summed E-state index contributed by atoms with van der Waals surface area (Å²) in [5.41, 5.74) is 5.92. The highest BCUT2D eigenvalue weighted by molar-refractivity contribution is 7.90. The Hall–Kier alpha value is -1.95. The van der Waals surface area contributed by atoms with Crippen LogP contribution in [-0.2, 0) is 25.9 Å². The third-order valence-electron chi connectivity index (χ3n) is 3.61. The lowest BCUT2D eigenvalue weighted by atomic mass is 9.78. The lowest BCUT2D eigenvalue weighted by molar-refractivity contribution is -0.138. The highest BCUT2D eigenvalue weighted by Gasteiger charge is 2.33. The Balaban J connectivity index is 2.23. The molecule has 0 radical (unpaired) electrons. The Morgan fingerprint density at radius 1 is 1.46 bits per heavy atom. The second-order valence-corrected chi connectivity index (χ2v) is 7.45. The van der Waals surface area contributed by atoms with Gasteiger partial charge in [0.05, 0.1) is 11.5 Å². The minimum Gasteiger partial charge on any atom is -0.480 e. The fourth-order valence-electron chi connectivity index (χ4n) is 2.32. The number of nitrogens with two attached hydrogens (primary N) is 1. The molecular formula is C13H17BN2O7S. The Labute approximate surface area is 138 Å². The third kappa shape index (κ3) is 3.93. The highest BCUT2D eigenvalue weighted by Crippen LogP contribution is 2.22. The van der Waals surface area contributed by atoms with Crippen LogP contribution in [0.25, 0.3) is 0 Å². The Morgan fingerprint density at radius 3 is 2.71 bits per heavy atom. The molecule has 1 amide bonds. The summed E-state index contributed by atoms with van der Waals surface area (Å²) in [6.07, 6.45) is 1.03. The molecule has 5 N–H and O–H groups in total. The van der Waals surface area contributed by atoms with E-state index in [9.17, 15) is 23.0 Å². The van der Waals surface area contributed by atoms with Gasteiger partial charge in [-0.1, -0.05) is 0 Å². The summed E-state index contributed by atoms with van der Waals surface area (Å²) >= 11 is 0. The normalized spacial score (nSPS) is 15.0. The molecule has 130 valence electrons. The summed E-state index contributed by atoms with van der Waals surface area (Å²) in [7, 11) is -4.92. The van der Waals surface area contributed by atoms with Crippen molar-refractivity contribution in [3.63, 3.8) is 0 Å². The fraction of sp³-hybridized carbons (Fsp3) is 0.385. The lowest BCUT2D eigenvalue weighted by Crippen LogP contribution is -2.36. The highest BCUT2D eigenvalue weighted by atomic mass is 32.2. The molecule has 1 aromatic carbocycles. The first-order valence-electron chi connectivity index (χ1n) is 7.04. The first-order chi connectivity index (χ1) is 11.1. The van der Waals surface area contributed by atoms with Crippen molar-refractivity contribution in [2.75, 3.05) is 12.8 Å². The van der Waals surface area contributed by atoms with E-state index in [-0.39, 0.29) is 35.5 Å². The number of hydrogen-bond acceptors (Lipinski definition) is 7. The van der Waals surface area contributed by atoms with Crippen molar-refractivity contribution in [2.24, 2.45) is 5.73 Å². The van der Waals surface area contributed by atoms with E-state index in [1.165, 1.54) is 12.1 Å². The standard InChI is InChI=1S/C13H17BN2O7S/c1-24(21,22)11-5-7(4-9-8(11)6-23-14(9)20)12(17)16-3-2-10(15)13(18)19/h4-5,10,20H,2-3,6,15H2,1H3,(H,16,17)(H,18,19). The van der Waals surface area contributed by atoms with Crippen molar-refractivity contribution in [3.05, 3.63) is 23.3 Å².